The number of carbonyl (C=O) groups is 1. The normalized spacial score (nSPS) is 15.6. The summed E-state index contributed by atoms with van der Waals surface area (Å²) in [7, 11) is 2.08. The number of likely N-dealkylation sites (tertiary alicyclic amines) is 1. The lowest BCUT2D eigenvalue weighted by molar-refractivity contribution is -0.121. The van der Waals surface area contributed by atoms with Gasteiger partial charge in [0.15, 0.2) is 0 Å². The van der Waals surface area contributed by atoms with E-state index in [9.17, 15) is 4.79 Å². The minimum Gasteiger partial charge on any atom is -0.330 e. The summed E-state index contributed by atoms with van der Waals surface area (Å²) in [5, 5.41) is 5.41. The zero-order chi connectivity index (χ0) is 20.5. The van der Waals surface area contributed by atoms with E-state index in [1.165, 1.54) is 0 Å². The minimum absolute atomic E-state index is 0.0562. The second-order valence-electron chi connectivity index (χ2n) is 8.14. The van der Waals surface area contributed by atoms with Crippen LogP contribution in [0.5, 0.6) is 0 Å². The zero-order valence-electron chi connectivity index (χ0n) is 17.2. The minimum atomic E-state index is 0.0562. The first-order chi connectivity index (χ1) is 14.7. The van der Waals surface area contributed by atoms with Crippen LogP contribution in [0.15, 0.2) is 66.7 Å². The molecule has 0 atom stereocenters. The molecule has 30 heavy (non-hydrogen) atoms. The molecule has 1 N–H and O–H groups in total. The number of rotatable bonds is 4. The van der Waals surface area contributed by atoms with Crippen LogP contribution in [0.25, 0.3) is 21.8 Å². The second kappa shape index (κ2) is 7.92. The van der Waals surface area contributed by atoms with E-state index in [-0.39, 0.29) is 11.8 Å². The van der Waals surface area contributed by atoms with Gasteiger partial charge in [-0.25, -0.2) is 4.98 Å². The van der Waals surface area contributed by atoms with Crippen molar-refractivity contribution in [1.29, 1.82) is 0 Å². The number of benzene rings is 3. The Morgan fingerprint density at radius 1 is 1.00 bits per heavy atom. The highest BCUT2D eigenvalue weighted by Gasteiger charge is 2.26. The molecule has 152 valence electrons. The maximum atomic E-state index is 12.9. The highest BCUT2D eigenvalue weighted by Crippen LogP contribution is 2.26. The lowest BCUT2D eigenvalue weighted by atomic mass is 9.95. The molecule has 5 heteroatoms. The summed E-state index contributed by atoms with van der Waals surface area (Å²) >= 11 is 0. The van der Waals surface area contributed by atoms with Gasteiger partial charge in [-0.15, -0.1) is 0 Å². The Hall–Kier alpha value is -3.18. The third-order valence-electron chi connectivity index (χ3n) is 6.25. The molecule has 0 bridgehead atoms. The van der Waals surface area contributed by atoms with Gasteiger partial charge in [-0.1, -0.05) is 48.5 Å². The molecular weight excluding hydrogens is 372 g/mol. The molecule has 1 fully saturated rings. The van der Waals surface area contributed by atoms with Gasteiger partial charge in [0.05, 0.1) is 17.6 Å². The number of nitrogens with one attached hydrogen (secondary N) is 1. The fraction of sp³-hybridized carbons (Fsp3) is 0.280. The van der Waals surface area contributed by atoms with Crippen LogP contribution in [-0.2, 0) is 18.4 Å². The molecule has 0 radical (unpaired) electrons. The molecule has 5 rings (SSSR count). The van der Waals surface area contributed by atoms with E-state index in [4.69, 9.17) is 4.98 Å². The molecule has 1 amide bonds. The predicted molar refractivity (Wildman–Crippen MR) is 121 cm³/mol. The summed E-state index contributed by atoms with van der Waals surface area (Å²) in [5.41, 5.74) is 3.11. The van der Waals surface area contributed by atoms with Crippen LogP contribution in [-0.4, -0.2) is 33.4 Å². The molecule has 1 saturated heterocycles. The SMILES string of the molecule is Cn1c(CN2CCC(C(=O)Nc3cccc4ccccc34)CC2)nc2ccccc21. The molecule has 5 nitrogen and oxygen atoms in total. The van der Waals surface area contributed by atoms with Crippen molar-refractivity contribution in [2.24, 2.45) is 13.0 Å². The number of carbonyl (C=O) groups excluding carboxylic acids is 1. The molecule has 2 heterocycles. The number of fused-ring (bicyclic) bond motifs is 2. The van der Waals surface area contributed by atoms with E-state index >= 15 is 0 Å². The van der Waals surface area contributed by atoms with E-state index in [0.717, 1.165) is 65.8 Å². The molecule has 1 aliphatic rings. The van der Waals surface area contributed by atoms with Crippen LogP contribution < -0.4 is 5.32 Å². The Balaban J connectivity index is 1.22. The largest absolute Gasteiger partial charge is 0.330 e. The van der Waals surface area contributed by atoms with E-state index in [2.05, 4.69) is 52.2 Å². The number of anilines is 1. The van der Waals surface area contributed by atoms with Gasteiger partial charge in [0, 0.05) is 24.0 Å². The Morgan fingerprint density at radius 3 is 2.57 bits per heavy atom. The fourth-order valence-corrected chi connectivity index (χ4v) is 4.46. The Morgan fingerprint density at radius 2 is 1.73 bits per heavy atom. The van der Waals surface area contributed by atoms with Crippen LogP contribution in [0, 0.1) is 5.92 Å². The highest BCUT2D eigenvalue weighted by molar-refractivity contribution is 6.02. The summed E-state index contributed by atoms with van der Waals surface area (Å²) in [6.07, 6.45) is 1.75. The predicted octanol–water partition coefficient (Wildman–Crippen LogP) is 4.58. The molecule has 0 aliphatic carbocycles. The van der Waals surface area contributed by atoms with Crippen molar-refractivity contribution in [3.8, 4) is 0 Å². The van der Waals surface area contributed by atoms with Crippen molar-refractivity contribution >= 4 is 33.4 Å². The van der Waals surface area contributed by atoms with Gasteiger partial charge >= 0.3 is 0 Å². The second-order valence-corrected chi connectivity index (χ2v) is 8.14. The van der Waals surface area contributed by atoms with Crippen LogP contribution in [0.1, 0.15) is 18.7 Å². The van der Waals surface area contributed by atoms with E-state index in [0.29, 0.717) is 0 Å². The lowest BCUT2D eigenvalue weighted by Crippen LogP contribution is -2.38. The first-order valence-corrected chi connectivity index (χ1v) is 10.6. The molecule has 1 aromatic heterocycles. The smallest absolute Gasteiger partial charge is 0.227 e. The van der Waals surface area contributed by atoms with Gasteiger partial charge in [0.25, 0.3) is 0 Å². The Labute approximate surface area is 176 Å². The quantitative estimate of drug-likeness (QED) is 0.548. The number of imidazole rings is 1. The van der Waals surface area contributed by atoms with Gasteiger partial charge in [-0.2, -0.15) is 0 Å². The maximum Gasteiger partial charge on any atom is 0.227 e. The number of hydrogen-bond donors (Lipinski definition) is 1. The number of aromatic nitrogens is 2. The van der Waals surface area contributed by atoms with Gasteiger partial charge in [0.1, 0.15) is 5.82 Å². The molecule has 0 spiro atoms. The van der Waals surface area contributed by atoms with Gasteiger partial charge in [-0.05, 0) is 49.5 Å². The summed E-state index contributed by atoms with van der Waals surface area (Å²) in [6, 6.07) is 22.5. The molecular formula is C25H26N4O. The topological polar surface area (TPSA) is 50.2 Å². The van der Waals surface area contributed by atoms with Crippen LogP contribution >= 0.6 is 0 Å². The number of amides is 1. The Kier molecular flexibility index (Phi) is 4.97. The Bertz CT molecular complexity index is 1200. The van der Waals surface area contributed by atoms with E-state index in [1.807, 2.05) is 36.4 Å². The standard InChI is InChI=1S/C25H26N4O/c1-28-23-12-5-4-10-22(23)26-24(28)17-29-15-13-19(14-16-29)25(30)27-21-11-6-8-18-7-2-3-9-20(18)21/h2-12,19H,13-17H2,1H3,(H,27,30). The highest BCUT2D eigenvalue weighted by atomic mass is 16.1. The van der Waals surface area contributed by atoms with Crippen molar-refractivity contribution in [1.82, 2.24) is 14.5 Å². The van der Waals surface area contributed by atoms with Crippen molar-refractivity contribution in [3.05, 3.63) is 72.6 Å². The average molecular weight is 399 g/mol. The fourth-order valence-electron chi connectivity index (χ4n) is 4.46. The first-order valence-electron chi connectivity index (χ1n) is 10.6. The summed E-state index contributed by atoms with van der Waals surface area (Å²) in [4.78, 5) is 20.1. The number of piperidine rings is 1. The van der Waals surface area contributed by atoms with Gasteiger partial charge in [-0.3, -0.25) is 9.69 Å². The summed E-state index contributed by atoms with van der Waals surface area (Å²) in [5.74, 6) is 1.27. The first kappa shape index (κ1) is 18.8. The van der Waals surface area contributed by atoms with Crippen molar-refractivity contribution < 1.29 is 4.79 Å². The van der Waals surface area contributed by atoms with Crippen LogP contribution in [0.4, 0.5) is 5.69 Å². The van der Waals surface area contributed by atoms with Crippen LogP contribution in [0.2, 0.25) is 0 Å². The number of nitrogens with zero attached hydrogens (tertiary/aromatic N) is 3. The molecule has 0 saturated carbocycles. The van der Waals surface area contributed by atoms with Gasteiger partial charge < -0.3 is 9.88 Å². The third kappa shape index (κ3) is 3.57. The number of hydrogen-bond acceptors (Lipinski definition) is 3. The molecule has 0 unspecified atom stereocenters. The van der Waals surface area contributed by atoms with E-state index < -0.39 is 0 Å². The number of para-hydroxylation sites is 2. The maximum absolute atomic E-state index is 12.9. The lowest BCUT2D eigenvalue weighted by Gasteiger charge is -2.31. The van der Waals surface area contributed by atoms with Crippen molar-refractivity contribution in [3.63, 3.8) is 0 Å². The van der Waals surface area contributed by atoms with Gasteiger partial charge in [0.2, 0.25) is 5.91 Å². The van der Waals surface area contributed by atoms with E-state index in [1.54, 1.807) is 0 Å². The molecule has 4 aromatic rings. The summed E-state index contributed by atoms with van der Waals surface area (Å²) in [6.45, 7) is 2.65. The van der Waals surface area contributed by atoms with Crippen LogP contribution in [0.3, 0.4) is 0 Å². The van der Waals surface area contributed by atoms with Crippen molar-refractivity contribution in [2.45, 2.75) is 19.4 Å². The molecule has 1 aliphatic heterocycles. The summed E-state index contributed by atoms with van der Waals surface area (Å²) < 4.78 is 2.18. The zero-order valence-corrected chi connectivity index (χ0v) is 17.2. The molecule has 3 aromatic carbocycles. The average Bonchev–Trinajstić information content (AvgIpc) is 3.10. The number of aryl methyl sites for hydroxylation is 1. The monoisotopic (exact) mass is 398 g/mol. The van der Waals surface area contributed by atoms with Crippen molar-refractivity contribution in [2.75, 3.05) is 18.4 Å². The third-order valence-corrected chi connectivity index (χ3v) is 6.25.